The van der Waals surface area contributed by atoms with Gasteiger partial charge in [-0.1, -0.05) is 246 Å². The van der Waals surface area contributed by atoms with Crippen molar-refractivity contribution in [3.05, 3.63) is 390 Å². The lowest BCUT2D eigenvalue weighted by Crippen LogP contribution is -2.31. The molecule has 25 aromatic rings. The van der Waals surface area contributed by atoms with Crippen LogP contribution >= 0.6 is 0 Å². The van der Waals surface area contributed by atoms with Gasteiger partial charge in [-0.25, -0.2) is 22.8 Å². The molecule has 0 aliphatic heterocycles. The summed E-state index contributed by atoms with van der Waals surface area (Å²) in [5.41, 5.74) is 33.2. The average molecular weight is 1770 g/mol. The summed E-state index contributed by atoms with van der Waals surface area (Å²) < 4.78 is 43.7. The van der Waals surface area contributed by atoms with E-state index in [2.05, 4.69) is 455 Å². The van der Waals surface area contributed by atoms with E-state index in [-0.39, 0.29) is 0 Å². The number of aromatic nitrogens is 5. The van der Waals surface area contributed by atoms with Gasteiger partial charge >= 0.3 is 0 Å². The van der Waals surface area contributed by atoms with E-state index in [1.807, 2.05) is 6.07 Å². The fourth-order valence-electron chi connectivity index (χ4n) is 21.3. The zero-order chi connectivity index (χ0) is 93.0. The van der Waals surface area contributed by atoms with Gasteiger partial charge in [-0.3, -0.25) is 0 Å². The van der Waals surface area contributed by atoms with Crippen LogP contribution < -0.4 is 22.8 Å². The molecule has 0 unspecified atom stereocenters. The van der Waals surface area contributed by atoms with Gasteiger partial charge in [0.25, 0.3) is 0 Å². The van der Waals surface area contributed by atoms with Crippen molar-refractivity contribution < 1.29 is 44.9 Å². The molecule has 0 spiro atoms. The van der Waals surface area contributed by atoms with Crippen LogP contribution in [0.25, 0.3) is 220 Å². The van der Waals surface area contributed by atoms with Crippen LogP contribution in [0.5, 0.6) is 0 Å². The van der Waals surface area contributed by atoms with Crippen LogP contribution in [0.1, 0.15) is 108 Å². The second-order valence-corrected chi connectivity index (χ2v) is 37.8. The second kappa shape index (κ2) is 35.1. The Labute approximate surface area is 791 Å². The molecule has 1 aliphatic carbocycles. The third-order valence-electron chi connectivity index (χ3n) is 28.8. The Morgan fingerprint density at radius 2 is 0.529 bits per heavy atom. The molecule has 1 saturated carbocycles. The molecule has 0 atom stereocenters. The smallest absolute Gasteiger partial charge is 0.216 e. The molecule has 0 N–H and O–H groups in total. The summed E-state index contributed by atoms with van der Waals surface area (Å²) in [6, 6.07) is 110. The molecule has 664 valence electrons. The zero-order valence-corrected chi connectivity index (χ0v) is 79.8. The van der Waals surface area contributed by atoms with Gasteiger partial charge < -0.3 is 22.1 Å². The Morgan fingerprint density at radius 3 is 0.875 bits per heavy atom. The van der Waals surface area contributed by atoms with E-state index in [1.54, 1.807) is 0 Å². The van der Waals surface area contributed by atoms with Gasteiger partial charge in [0.1, 0.15) is 91.1 Å². The van der Waals surface area contributed by atoms with Gasteiger partial charge in [0, 0.05) is 141 Å². The highest BCUT2D eigenvalue weighted by Gasteiger charge is 2.30. The molecule has 0 amide bonds. The van der Waals surface area contributed by atoms with Crippen LogP contribution in [0.4, 0.5) is 0 Å². The third kappa shape index (κ3) is 15.0. The number of benzene rings is 15. The summed E-state index contributed by atoms with van der Waals surface area (Å²) in [5.74, 6) is 1.18. The number of hydrogen-bond donors (Lipinski definition) is 0. The van der Waals surface area contributed by atoms with Crippen molar-refractivity contribution in [2.24, 2.45) is 35.2 Å². The van der Waals surface area contributed by atoms with Crippen molar-refractivity contribution in [3.63, 3.8) is 0 Å². The van der Waals surface area contributed by atoms with Crippen molar-refractivity contribution in [1.82, 2.24) is 0 Å². The zero-order valence-electron chi connectivity index (χ0n) is 79.8. The van der Waals surface area contributed by atoms with E-state index in [9.17, 15) is 0 Å². The summed E-state index contributed by atoms with van der Waals surface area (Å²) in [7, 11) is 10.5. The molecule has 10 nitrogen and oxygen atoms in total. The predicted octanol–water partition coefficient (Wildman–Crippen LogP) is 31.3. The van der Waals surface area contributed by atoms with Crippen molar-refractivity contribution in [1.29, 1.82) is 0 Å². The maximum atomic E-state index is 6.64. The molecule has 1 aliphatic rings. The van der Waals surface area contributed by atoms with E-state index < -0.39 is 0 Å². The number of fused-ring (bicyclic) bond motifs is 25. The van der Waals surface area contributed by atoms with Crippen LogP contribution in [0.15, 0.2) is 362 Å². The molecule has 10 aromatic heterocycles. The minimum Gasteiger partial charge on any atom is -0.454 e. The number of pyridine rings is 5. The molecule has 1 fully saturated rings. The van der Waals surface area contributed by atoms with Crippen molar-refractivity contribution in [3.8, 4) is 56.3 Å². The summed E-state index contributed by atoms with van der Waals surface area (Å²) in [6.45, 7) is 19.6. The number of furan rings is 5. The van der Waals surface area contributed by atoms with Crippen molar-refractivity contribution in [2.45, 2.75) is 106 Å². The summed E-state index contributed by atoms with van der Waals surface area (Å²) in [5, 5.41) is 23.7. The highest BCUT2D eigenvalue weighted by molar-refractivity contribution is 6.22. The molecular formula is C126H110N5O5+5. The minimum absolute atomic E-state index is 0.485. The lowest BCUT2D eigenvalue weighted by atomic mass is 9.94. The maximum Gasteiger partial charge on any atom is 0.216 e. The average Bonchev–Trinajstić information content (AvgIpc) is 1.60. The third-order valence-corrected chi connectivity index (χ3v) is 28.8. The Morgan fingerprint density at radius 1 is 0.250 bits per heavy atom. The minimum atomic E-state index is 0.485. The maximum absolute atomic E-state index is 6.64. The van der Waals surface area contributed by atoms with E-state index in [1.165, 1.54) is 229 Å². The van der Waals surface area contributed by atoms with E-state index >= 15 is 0 Å². The summed E-state index contributed by atoms with van der Waals surface area (Å²) >= 11 is 0. The number of nitrogens with zero attached hydrogens (tertiary/aromatic N) is 5. The van der Waals surface area contributed by atoms with Crippen LogP contribution in [0, 0.1) is 41.5 Å². The summed E-state index contributed by atoms with van der Waals surface area (Å²) in [4.78, 5) is 0. The molecule has 26 rings (SSSR count). The highest BCUT2D eigenvalue weighted by atomic mass is 16.3. The summed E-state index contributed by atoms with van der Waals surface area (Å²) in [6.07, 6.45) is 17.1. The van der Waals surface area contributed by atoms with Gasteiger partial charge in [0.15, 0.2) is 31.0 Å². The van der Waals surface area contributed by atoms with Crippen LogP contribution in [0.3, 0.4) is 0 Å². The molecule has 10 heterocycles. The first kappa shape index (κ1) is 85.8. The van der Waals surface area contributed by atoms with Gasteiger partial charge in [0.05, 0.1) is 27.8 Å². The number of hydrogen-bond acceptors (Lipinski definition) is 5. The fraction of sp³-hybridized carbons (Fsp3) is 0.167. The topological polar surface area (TPSA) is 85.1 Å². The molecular weight excluding hydrogens is 1660 g/mol. The molecule has 136 heavy (non-hydrogen) atoms. The monoisotopic (exact) mass is 1770 g/mol. The van der Waals surface area contributed by atoms with Gasteiger partial charge in [0.2, 0.25) is 28.5 Å². The van der Waals surface area contributed by atoms with Crippen LogP contribution in [0.2, 0.25) is 0 Å². The lowest BCUT2D eigenvalue weighted by molar-refractivity contribution is -0.660. The predicted molar refractivity (Wildman–Crippen MR) is 562 cm³/mol. The number of aryl methyl sites for hydroxylation is 12. The Bertz CT molecular complexity index is 9120. The van der Waals surface area contributed by atoms with Gasteiger partial charge in [-0.2, -0.15) is 0 Å². The Hall–Kier alpha value is -15.7. The molecule has 0 radical (unpaired) electrons. The van der Waals surface area contributed by atoms with Crippen LogP contribution in [-0.4, -0.2) is 0 Å². The SMILES string of the molecule is CCc1cc[n+](C)c(-c2c(C)ccc3c2oc2c4ccccc4ccc32)c1.Cc1cc[n+](C)c(-c2c(C)ccc3c2oc2c4ccccc4ccc32)c1.Cc1ccc2c(oc3c4ccccc4ccc23)c1-c1cc(C(C)C)cc[n+]1C.Cc1ccc2c(oc3c4ccccc4ccc23)c1-c1cc(C2CCCC2)cc[n+]1C.Cc1ccc2c(oc3c4ccccc4ccc23)c1-c1cccc[n+]1C. The lowest BCUT2D eigenvalue weighted by Gasteiger charge is -2.11. The normalized spacial score (nSPS) is 12.4. The first-order valence-corrected chi connectivity index (χ1v) is 47.9. The standard InChI is InChI=1S/C28H26NO.C26H24NO.C25H22NO.C24H20NO.C23H18NO/c1-18-11-13-24-23-14-12-20-9-5-6-10-22(20)27(23)30-28(24)26(18)25-17-21(15-16-29(25)2)19-7-3-4-8-19;1-16(2)19-13-14-27(4)23(15-19)24-17(3)9-11-22-21-12-10-18-7-5-6-8-20(18)25(21)28-26(22)24;1-4-17-13-14-26(3)22(15-17)23-16(2)9-11-21-20-12-10-18-7-5-6-8-19(18)24(20)27-25(21)23;1-15-12-13-25(3)21(14-15)22-16(2)8-10-20-19-11-9-17-6-4-5-7-18(17)23(19)26-24(20)22;1-15-10-12-19-18-13-11-16-7-3-4-8-17(16)22(18)25-23(19)21(15)20-9-5-6-14-24(20)2/h5-6,9-17,19H,3-4,7-8H2,1-2H3;5-16H,1-4H3;5-15H,4H2,1-3H3;4-14H,1-3H3;3-14H,1-2H3/q5*+1. The van der Waals surface area contributed by atoms with E-state index in [4.69, 9.17) is 22.1 Å². The fourth-order valence-corrected chi connectivity index (χ4v) is 21.3. The highest BCUT2D eigenvalue weighted by Crippen LogP contribution is 2.48. The molecule has 0 bridgehead atoms. The van der Waals surface area contributed by atoms with Gasteiger partial charge in [-0.05, 0) is 186 Å². The largest absolute Gasteiger partial charge is 0.454 e. The first-order valence-electron chi connectivity index (χ1n) is 47.9. The quantitative estimate of drug-likeness (QED) is 0.142. The van der Waals surface area contributed by atoms with Gasteiger partial charge in [-0.15, -0.1) is 0 Å². The Kier molecular flexibility index (Phi) is 22.1. The van der Waals surface area contributed by atoms with Crippen molar-refractivity contribution >= 4 is 164 Å². The van der Waals surface area contributed by atoms with Crippen molar-refractivity contribution in [2.75, 3.05) is 0 Å². The molecule has 10 heteroatoms. The number of rotatable bonds is 8. The van der Waals surface area contributed by atoms with E-state index in [0.29, 0.717) is 11.8 Å². The molecule has 0 saturated heterocycles. The first-order chi connectivity index (χ1) is 66.3. The van der Waals surface area contributed by atoms with Crippen LogP contribution in [-0.2, 0) is 41.7 Å². The van der Waals surface area contributed by atoms with E-state index in [0.717, 1.165) is 73.3 Å². The molecule has 15 aromatic carbocycles. The Balaban J connectivity index is 0.0000000986. The second-order valence-electron chi connectivity index (χ2n) is 37.8.